The van der Waals surface area contributed by atoms with Gasteiger partial charge in [-0.2, -0.15) is 0 Å². The highest BCUT2D eigenvalue weighted by Gasteiger charge is 2.16. The van der Waals surface area contributed by atoms with E-state index in [1.54, 1.807) is 42.5 Å². The maximum absolute atomic E-state index is 12.1. The molecule has 4 rings (SSSR count). The van der Waals surface area contributed by atoms with Crippen molar-refractivity contribution in [2.24, 2.45) is 0 Å². The monoisotopic (exact) mass is 408 g/mol. The number of para-hydroxylation sites is 2. The van der Waals surface area contributed by atoms with Crippen LogP contribution in [0, 0.1) is 0 Å². The number of imide groups is 1. The topological polar surface area (TPSA) is 129 Å². The zero-order valence-corrected chi connectivity index (χ0v) is 15.6. The molecule has 2 aromatic carbocycles. The maximum atomic E-state index is 12.1. The molecule has 2 heterocycles. The van der Waals surface area contributed by atoms with Crippen LogP contribution >= 0.6 is 0 Å². The molecular formula is C20H16N4O6. The average Bonchev–Trinajstić information content (AvgIpc) is 2.77. The van der Waals surface area contributed by atoms with Crippen LogP contribution < -0.4 is 20.1 Å². The summed E-state index contributed by atoms with van der Waals surface area (Å²) in [7, 11) is 0. The van der Waals surface area contributed by atoms with Crippen LogP contribution in [-0.2, 0) is 9.53 Å². The molecule has 30 heavy (non-hydrogen) atoms. The number of nitrogens with one attached hydrogen (secondary N) is 2. The average molecular weight is 408 g/mol. The van der Waals surface area contributed by atoms with Gasteiger partial charge in [0.25, 0.3) is 5.91 Å². The first-order valence-electron chi connectivity index (χ1n) is 8.98. The third-order valence-electron chi connectivity index (χ3n) is 4.05. The Morgan fingerprint density at radius 1 is 1.00 bits per heavy atom. The molecule has 0 saturated carbocycles. The minimum Gasteiger partial charge on any atom is -0.486 e. The van der Waals surface area contributed by atoms with Crippen molar-refractivity contribution >= 4 is 34.6 Å². The normalized spacial score (nSPS) is 12.1. The first-order chi connectivity index (χ1) is 14.6. The quantitative estimate of drug-likeness (QED) is 0.627. The fourth-order valence-electron chi connectivity index (χ4n) is 2.71. The van der Waals surface area contributed by atoms with Crippen molar-refractivity contribution in [3.8, 4) is 11.5 Å². The predicted molar refractivity (Wildman–Crippen MR) is 104 cm³/mol. The molecule has 0 fully saturated rings. The van der Waals surface area contributed by atoms with Gasteiger partial charge in [-0.05, 0) is 24.3 Å². The summed E-state index contributed by atoms with van der Waals surface area (Å²) in [5.41, 5.74) is 1.52. The maximum Gasteiger partial charge on any atom is 0.359 e. The zero-order chi connectivity index (χ0) is 20.9. The number of ether oxygens (including phenoxy) is 3. The van der Waals surface area contributed by atoms with E-state index in [9.17, 15) is 14.4 Å². The van der Waals surface area contributed by atoms with E-state index in [1.807, 2.05) is 0 Å². The molecule has 2 N–H and O–H groups in total. The van der Waals surface area contributed by atoms with Crippen LogP contribution in [0.25, 0.3) is 11.0 Å². The molecule has 0 bridgehead atoms. The summed E-state index contributed by atoms with van der Waals surface area (Å²) in [6.45, 7) is 0.217. The second-order valence-corrected chi connectivity index (χ2v) is 6.18. The van der Waals surface area contributed by atoms with Crippen molar-refractivity contribution in [1.82, 2.24) is 15.3 Å². The van der Waals surface area contributed by atoms with Crippen molar-refractivity contribution in [3.63, 3.8) is 0 Å². The highest BCUT2D eigenvalue weighted by Crippen LogP contribution is 2.32. The lowest BCUT2D eigenvalue weighted by Crippen LogP contribution is -2.37. The molecule has 1 aromatic heterocycles. The van der Waals surface area contributed by atoms with Gasteiger partial charge < -0.3 is 19.5 Å². The van der Waals surface area contributed by atoms with Crippen LogP contribution in [0.5, 0.6) is 11.5 Å². The second-order valence-electron chi connectivity index (χ2n) is 6.18. The van der Waals surface area contributed by atoms with Gasteiger partial charge in [0, 0.05) is 11.8 Å². The van der Waals surface area contributed by atoms with Crippen LogP contribution in [0.3, 0.4) is 0 Å². The molecule has 3 aromatic rings. The Labute approximate surface area is 170 Å². The molecule has 1 aliphatic heterocycles. The molecular weight excluding hydrogens is 392 g/mol. The Balaban J connectivity index is 1.28. The van der Waals surface area contributed by atoms with Crippen LogP contribution in [-0.4, -0.2) is 47.7 Å². The Morgan fingerprint density at radius 2 is 1.77 bits per heavy atom. The number of carbonyl (C=O) groups excluding carboxylic acids is 3. The highest BCUT2D eigenvalue weighted by molar-refractivity contribution is 6.02. The first-order valence-corrected chi connectivity index (χ1v) is 8.98. The van der Waals surface area contributed by atoms with Crippen LogP contribution in [0.4, 0.5) is 10.5 Å². The molecule has 152 valence electrons. The summed E-state index contributed by atoms with van der Waals surface area (Å²) in [6.07, 6.45) is 1.26. The molecule has 0 radical (unpaired) electrons. The number of hydrogen-bond donors (Lipinski definition) is 2. The lowest BCUT2D eigenvalue weighted by Gasteiger charge is -2.19. The first kappa shape index (κ1) is 19.1. The number of anilines is 1. The molecule has 0 aliphatic carbocycles. The minimum atomic E-state index is -0.823. The summed E-state index contributed by atoms with van der Waals surface area (Å²) >= 11 is 0. The SMILES string of the molecule is O=C(COC(=O)c1cnc2ccccc2n1)NC(=O)Nc1ccc2c(c1)OCCO2. The number of rotatable bonds is 4. The van der Waals surface area contributed by atoms with Crippen LogP contribution in [0.15, 0.2) is 48.7 Å². The number of amides is 3. The predicted octanol–water partition coefficient (Wildman–Crippen LogP) is 1.91. The van der Waals surface area contributed by atoms with Gasteiger partial charge in [0.1, 0.15) is 13.2 Å². The summed E-state index contributed by atoms with van der Waals surface area (Å²) in [4.78, 5) is 44.2. The minimum absolute atomic E-state index is 0.0396. The summed E-state index contributed by atoms with van der Waals surface area (Å²) in [6, 6.07) is 11.1. The summed E-state index contributed by atoms with van der Waals surface area (Å²) in [5, 5.41) is 4.56. The van der Waals surface area contributed by atoms with E-state index in [-0.39, 0.29) is 5.69 Å². The Morgan fingerprint density at radius 3 is 2.60 bits per heavy atom. The number of esters is 1. The summed E-state index contributed by atoms with van der Waals surface area (Å²) < 4.78 is 15.7. The molecule has 10 heteroatoms. The van der Waals surface area contributed by atoms with Crippen molar-refractivity contribution in [2.45, 2.75) is 0 Å². The van der Waals surface area contributed by atoms with Crippen molar-refractivity contribution in [1.29, 1.82) is 0 Å². The summed E-state index contributed by atoms with van der Waals surface area (Å²) in [5.74, 6) is -0.550. The molecule has 0 unspecified atom stereocenters. The van der Waals surface area contributed by atoms with Crippen molar-refractivity contribution in [3.05, 3.63) is 54.4 Å². The van der Waals surface area contributed by atoms with Crippen LogP contribution in [0.1, 0.15) is 10.5 Å². The van der Waals surface area contributed by atoms with E-state index in [4.69, 9.17) is 14.2 Å². The van der Waals surface area contributed by atoms with E-state index in [0.717, 1.165) is 0 Å². The number of benzene rings is 2. The molecule has 0 saturated heterocycles. The van der Waals surface area contributed by atoms with Gasteiger partial charge in [-0.25, -0.2) is 14.6 Å². The standard InChI is InChI=1S/C20H16N4O6/c25-18(11-30-19(26)15-10-21-13-3-1-2-4-14(13)23-15)24-20(27)22-12-5-6-16-17(9-12)29-8-7-28-16/h1-6,9-10H,7-8,11H2,(H2,22,24,25,27). The van der Waals surface area contributed by atoms with Gasteiger partial charge in [-0.15, -0.1) is 0 Å². The van der Waals surface area contributed by atoms with Crippen molar-refractivity contribution in [2.75, 3.05) is 25.1 Å². The second kappa shape index (κ2) is 8.43. The third kappa shape index (κ3) is 4.43. The molecule has 0 atom stereocenters. The highest BCUT2D eigenvalue weighted by atomic mass is 16.6. The van der Waals surface area contributed by atoms with Gasteiger partial charge in [0.2, 0.25) is 0 Å². The Hall–Kier alpha value is -4.21. The number of carbonyl (C=O) groups is 3. The van der Waals surface area contributed by atoms with E-state index in [2.05, 4.69) is 20.6 Å². The number of urea groups is 1. The zero-order valence-electron chi connectivity index (χ0n) is 15.6. The van der Waals surface area contributed by atoms with Crippen molar-refractivity contribution < 1.29 is 28.6 Å². The lowest BCUT2D eigenvalue weighted by atomic mass is 10.2. The van der Waals surface area contributed by atoms with E-state index in [1.165, 1.54) is 6.20 Å². The Bertz CT molecular complexity index is 1130. The fraction of sp³-hybridized carbons (Fsp3) is 0.150. The van der Waals surface area contributed by atoms with Gasteiger partial charge in [0.15, 0.2) is 23.8 Å². The smallest absolute Gasteiger partial charge is 0.359 e. The lowest BCUT2D eigenvalue weighted by molar-refractivity contribution is -0.123. The van der Waals surface area contributed by atoms with E-state index < -0.39 is 24.5 Å². The Kier molecular flexibility index (Phi) is 5.37. The largest absolute Gasteiger partial charge is 0.486 e. The molecule has 3 amide bonds. The van der Waals surface area contributed by atoms with Gasteiger partial charge in [-0.3, -0.25) is 15.1 Å². The molecule has 10 nitrogen and oxygen atoms in total. The van der Waals surface area contributed by atoms with Gasteiger partial charge >= 0.3 is 12.0 Å². The molecule has 1 aliphatic rings. The third-order valence-corrected chi connectivity index (χ3v) is 4.05. The number of nitrogens with zero attached hydrogens (tertiary/aromatic N) is 2. The van der Waals surface area contributed by atoms with E-state index in [0.29, 0.717) is 41.4 Å². The van der Waals surface area contributed by atoms with Gasteiger partial charge in [0.05, 0.1) is 17.2 Å². The van der Waals surface area contributed by atoms with E-state index >= 15 is 0 Å². The molecule has 0 spiro atoms. The van der Waals surface area contributed by atoms with Gasteiger partial charge in [-0.1, -0.05) is 12.1 Å². The number of hydrogen-bond acceptors (Lipinski definition) is 8. The van der Waals surface area contributed by atoms with Crippen LogP contribution in [0.2, 0.25) is 0 Å². The number of fused-ring (bicyclic) bond motifs is 2. The fourth-order valence-corrected chi connectivity index (χ4v) is 2.71. The number of aromatic nitrogens is 2.